The second-order valence-electron chi connectivity index (χ2n) is 5.49. The number of hydrogen-bond donors (Lipinski definition) is 0. The van der Waals surface area contributed by atoms with Crippen molar-refractivity contribution in [2.24, 2.45) is 0 Å². The minimum atomic E-state index is -4.50. The number of carbonyl (C=O) groups excluding carboxylic acids is 1. The van der Waals surface area contributed by atoms with Crippen LogP contribution in [0.25, 0.3) is 11.8 Å². The lowest BCUT2D eigenvalue weighted by Crippen LogP contribution is -2.08. The third kappa shape index (κ3) is 3.75. The van der Waals surface area contributed by atoms with Crippen LogP contribution in [-0.4, -0.2) is 17.6 Å². The van der Waals surface area contributed by atoms with Gasteiger partial charge in [0.25, 0.3) is 0 Å². The maximum atomic E-state index is 13.0. The smallest absolute Gasteiger partial charge is 0.416 e. The zero-order valence-electron chi connectivity index (χ0n) is 14.1. The monoisotopic (exact) mass is 382 g/mol. The summed E-state index contributed by atoms with van der Waals surface area (Å²) in [6.07, 6.45) is -3.18. The van der Waals surface area contributed by atoms with Gasteiger partial charge in [0.15, 0.2) is 0 Å². The second-order valence-corrected chi connectivity index (χ2v) is 5.89. The topological polar surface area (TPSA) is 55.0 Å². The molecule has 0 spiro atoms. The molecule has 0 unspecified atom stereocenters. The Balaban J connectivity index is 2.65. The van der Waals surface area contributed by atoms with E-state index in [0.717, 1.165) is 19.2 Å². The number of benzene rings is 1. The van der Waals surface area contributed by atoms with Gasteiger partial charge in [-0.25, -0.2) is 4.79 Å². The first-order valence-corrected chi connectivity index (χ1v) is 7.74. The Morgan fingerprint density at radius 2 is 1.96 bits per heavy atom. The fourth-order valence-corrected chi connectivity index (χ4v) is 2.77. The number of aryl methyl sites for hydroxylation is 1. The molecule has 0 atom stereocenters. The van der Waals surface area contributed by atoms with E-state index in [2.05, 4.69) is 4.74 Å². The number of nitriles is 1. The molecular weight excluding hydrogens is 369 g/mol. The molecule has 136 valence electrons. The quantitative estimate of drug-likeness (QED) is 0.433. The zero-order chi connectivity index (χ0) is 19.6. The van der Waals surface area contributed by atoms with Crippen LogP contribution in [0.5, 0.6) is 0 Å². The number of halogens is 4. The molecule has 0 aliphatic heterocycles. The van der Waals surface area contributed by atoms with Crippen molar-refractivity contribution in [1.29, 1.82) is 5.26 Å². The summed E-state index contributed by atoms with van der Waals surface area (Å²) in [5, 5.41) is 9.21. The number of esters is 1. The number of aromatic nitrogens is 1. The molecule has 0 amide bonds. The van der Waals surface area contributed by atoms with E-state index in [0.29, 0.717) is 17.0 Å². The van der Waals surface area contributed by atoms with Crippen molar-refractivity contribution in [2.75, 3.05) is 7.11 Å². The van der Waals surface area contributed by atoms with E-state index in [-0.39, 0.29) is 16.3 Å². The van der Waals surface area contributed by atoms with Crippen molar-refractivity contribution in [2.45, 2.75) is 20.0 Å². The minimum Gasteiger partial charge on any atom is -0.465 e. The molecule has 0 N–H and O–H groups in total. The summed E-state index contributed by atoms with van der Waals surface area (Å²) in [4.78, 5) is 11.6. The number of carbonyl (C=O) groups is 1. The number of hydrogen-bond acceptors (Lipinski definition) is 3. The molecule has 0 saturated carbocycles. The average Bonchev–Trinajstić information content (AvgIpc) is 2.85. The molecule has 1 heterocycles. The lowest BCUT2D eigenvalue weighted by molar-refractivity contribution is -0.137. The van der Waals surface area contributed by atoms with Crippen LogP contribution in [0.3, 0.4) is 0 Å². The molecule has 26 heavy (non-hydrogen) atoms. The highest BCUT2D eigenvalue weighted by Gasteiger charge is 2.31. The summed E-state index contributed by atoms with van der Waals surface area (Å²) < 4.78 is 45.1. The Hall–Kier alpha value is -2.72. The predicted octanol–water partition coefficient (Wildman–Crippen LogP) is 4.85. The molecule has 0 fully saturated rings. The first-order chi connectivity index (χ1) is 12.1. The molecule has 2 rings (SSSR count). The summed E-state index contributed by atoms with van der Waals surface area (Å²) in [6.45, 7) is 3.34. The Kier molecular flexibility index (Phi) is 5.47. The van der Waals surface area contributed by atoms with Crippen LogP contribution in [0, 0.1) is 25.2 Å². The van der Waals surface area contributed by atoms with Gasteiger partial charge in [-0.1, -0.05) is 11.6 Å². The zero-order valence-corrected chi connectivity index (χ0v) is 14.9. The van der Waals surface area contributed by atoms with Gasteiger partial charge < -0.3 is 9.30 Å². The van der Waals surface area contributed by atoms with E-state index in [9.17, 15) is 18.0 Å². The van der Waals surface area contributed by atoms with Crippen molar-refractivity contribution < 1.29 is 22.7 Å². The van der Waals surface area contributed by atoms with E-state index in [1.54, 1.807) is 26.0 Å². The van der Waals surface area contributed by atoms with Gasteiger partial charge in [-0.05, 0) is 49.8 Å². The fourth-order valence-electron chi connectivity index (χ4n) is 2.57. The Morgan fingerprint density at radius 3 is 2.50 bits per heavy atom. The van der Waals surface area contributed by atoms with Gasteiger partial charge in [-0.3, -0.25) is 0 Å². The van der Waals surface area contributed by atoms with Gasteiger partial charge in [0.2, 0.25) is 0 Å². The molecule has 2 aromatic rings. The Bertz CT molecular complexity index is 937. The minimum absolute atomic E-state index is 0.142. The van der Waals surface area contributed by atoms with Crippen molar-refractivity contribution in [3.8, 4) is 11.8 Å². The van der Waals surface area contributed by atoms with Crippen LogP contribution < -0.4 is 0 Å². The first-order valence-electron chi connectivity index (χ1n) is 7.36. The van der Waals surface area contributed by atoms with Crippen molar-refractivity contribution in [1.82, 2.24) is 4.57 Å². The molecule has 8 heteroatoms. The Labute approximate surface area is 153 Å². The van der Waals surface area contributed by atoms with Crippen LogP contribution >= 0.6 is 11.6 Å². The molecule has 1 aromatic heterocycles. The molecular formula is C18H14ClF3N2O2. The summed E-state index contributed by atoms with van der Waals surface area (Å²) >= 11 is 6.11. The molecule has 0 aliphatic rings. The highest BCUT2D eigenvalue weighted by atomic mass is 35.5. The summed E-state index contributed by atoms with van der Waals surface area (Å²) in [5.74, 6) is -0.797. The molecule has 0 saturated heterocycles. The van der Waals surface area contributed by atoms with E-state index in [1.807, 2.05) is 0 Å². The van der Waals surface area contributed by atoms with Gasteiger partial charge in [0.1, 0.15) is 11.6 Å². The SMILES string of the molecule is COC(=O)/C(C#N)=C\c1cc(C)n(-c2cc(C(F)(F)F)ccc2Cl)c1C. The fraction of sp³-hybridized carbons (Fsp3) is 0.222. The third-order valence-electron chi connectivity index (χ3n) is 3.81. The van der Waals surface area contributed by atoms with Crippen LogP contribution in [0.4, 0.5) is 13.2 Å². The number of methoxy groups -OCH3 is 1. The first kappa shape index (κ1) is 19.6. The molecule has 0 aliphatic carbocycles. The molecule has 4 nitrogen and oxygen atoms in total. The molecule has 1 aromatic carbocycles. The Morgan fingerprint density at radius 1 is 1.31 bits per heavy atom. The van der Waals surface area contributed by atoms with E-state index in [1.165, 1.54) is 16.7 Å². The summed E-state index contributed by atoms with van der Waals surface area (Å²) in [6, 6.07) is 6.44. The van der Waals surface area contributed by atoms with E-state index >= 15 is 0 Å². The van der Waals surface area contributed by atoms with E-state index < -0.39 is 17.7 Å². The van der Waals surface area contributed by atoms with Gasteiger partial charge in [-0.15, -0.1) is 0 Å². The number of alkyl halides is 3. The molecule has 0 radical (unpaired) electrons. The van der Waals surface area contributed by atoms with Gasteiger partial charge in [0.05, 0.1) is 23.4 Å². The standard InChI is InChI=1S/C18H14ClF3N2O2/c1-10-6-12(7-13(9-23)17(25)26-3)11(2)24(10)16-8-14(18(20,21)22)4-5-15(16)19/h4-8H,1-3H3/b13-7-. The van der Waals surface area contributed by atoms with Gasteiger partial charge in [-0.2, -0.15) is 18.4 Å². The van der Waals surface area contributed by atoms with Crippen LogP contribution in [0.15, 0.2) is 29.8 Å². The highest BCUT2D eigenvalue weighted by molar-refractivity contribution is 6.32. The number of ether oxygens (including phenoxy) is 1. The van der Waals surface area contributed by atoms with E-state index in [4.69, 9.17) is 16.9 Å². The normalized spacial score (nSPS) is 12.0. The highest BCUT2D eigenvalue weighted by Crippen LogP contribution is 2.35. The van der Waals surface area contributed by atoms with Crippen molar-refractivity contribution >= 4 is 23.6 Å². The van der Waals surface area contributed by atoms with Crippen LogP contribution in [0.2, 0.25) is 5.02 Å². The largest absolute Gasteiger partial charge is 0.465 e. The molecule has 0 bridgehead atoms. The lowest BCUT2D eigenvalue weighted by atomic mass is 10.1. The average molecular weight is 383 g/mol. The van der Waals surface area contributed by atoms with Crippen LogP contribution in [0.1, 0.15) is 22.5 Å². The van der Waals surface area contributed by atoms with Gasteiger partial charge in [0, 0.05) is 11.4 Å². The maximum absolute atomic E-state index is 13.0. The summed E-state index contributed by atoms with van der Waals surface area (Å²) in [7, 11) is 1.15. The van der Waals surface area contributed by atoms with Crippen molar-refractivity contribution in [3.63, 3.8) is 0 Å². The second kappa shape index (κ2) is 7.26. The lowest BCUT2D eigenvalue weighted by Gasteiger charge is -2.15. The van der Waals surface area contributed by atoms with Crippen molar-refractivity contribution in [3.05, 3.63) is 57.4 Å². The van der Waals surface area contributed by atoms with Crippen LogP contribution in [-0.2, 0) is 15.7 Å². The van der Waals surface area contributed by atoms with Gasteiger partial charge >= 0.3 is 12.1 Å². The third-order valence-corrected chi connectivity index (χ3v) is 4.13. The number of rotatable bonds is 3. The predicted molar refractivity (Wildman–Crippen MR) is 90.9 cm³/mol. The summed E-state index contributed by atoms with van der Waals surface area (Å²) in [5.41, 5.74) is 0.736. The maximum Gasteiger partial charge on any atom is 0.416 e. The number of nitrogens with zero attached hydrogens (tertiary/aromatic N) is 2.